The summed E-state index contributed by atoms with van der Waals surface area (Å²) in [5, 5.41) is 4.79. The van der Waals surface area contributed by atoms with E-state index in [1.54, 1.807) is 43.1 Å². The fourth-order valence-electron chi connectivity index (χ4n) is 4.18. The second-order valence-corrected chi connectivity index (χ2v) is 8.42. The molecule has 0 fully saturated rings. The van der Waals surface area contributed by atoms with Crippen molar-refractivity contribution in [1.82, 2.24) is 14.7 Å². The molecule has 5 rings (SSSR count). The first-order valence-corrected chi connectivity index (χ1v) is 11.6. The number of methoxy groups -OCH3 is 2. The zero-order valence-electron chi connectivity index (χ0n) is 20.4. The molecule has 8 nitrogen and oxygen atoms in total. The summed E-state index contributed by atoms with van der Waals surface area (Å²) in [6.07, 6.45) is 1.46. The fourth-order valence-corrected chi connectivity index (χ4v) is 4.18. The van der Waals surface area contributed by atoms with Gasteiger partial charge < -0.3 is 23.8 Å². The van der Waals surface area contributed by atoms with Crippen LogP contribution < -0.4 is 18.9 Å². The quantitative estimate of drug-likeness (QED) is 0.385. The molecule has 0 aliphatic carbocycles. The summed E-state index contributed by atoms with van der Waals surface area (Å²) in [6, 6.07) is 22.6. The molecule has 0 N–H and O–H groups in total. The molecule has 0 radical (unpaired) electrons. The minimum atomic E-state index is -0.294. The lowest BCUT2D eigenvalue weighted by molar-refractivity contribution is 0.0521. The smallest absolute Gasteiger partial charge is 0.257 e. The Hall–Kier alpha value is -4.46. The van der Waals surface area contributed by atoms with Gasteiger partial charge >= 0.3 is 0 Å². The number of benzene rings is 3. The van der Waals surface area contributed by atoms with Gasteiger partial charge in [-0.2, -0.15) is 5.10 Å². The third-order valence-electron chi connectivity index (χ3n) is 6.02. The van der Waals surface area contributed by atoms with Crippen LogP contribution in [0.1, 0.15) is 10.4 Å². The zero-order chi connectivity index (χ0) is 25.1. The number of nitrogens with zero attached hydrogens (tertiary/aromatic N) is 3. The summed E-state index contributed by atoms with van der Waals surface area (Å²) in [7, 11) is 4.93. The molecule has 1 aromatic heterocycles. The van der Waals surface area contributed by atoms with Gasteiger partial charge in [0.25, 0.3) is 5.91 Å². The van der Waals surface area contributed by atoms with E-state index in [1.807, 2.05) is 66.7 Å². The van der Waals surface area contributed by atoms with Crippen molar-refractivity contribution >= 4 is 5.91 Å². The van der Waals surface area contributed by atoms with E-state index < -0.39 is 0 Å². The molecule has 1 amide bonds. The molecule has 0 saturated carbocycles. The van der Waals surface area contributed by atoms with Crippen molar-refractivity contribution < 1.29 is 23.7 Å². The molecule has 0 saturated heterocycles. The van der Waals surface area contributed by atoms with Gasteiger partial charge in [0.15, 0.2) is 17.6 Å². The maximum atomic E-state index is 13.7. The Kier molecular flexibility index (Phi) is 6.49. The third-order valence-corrected chi connectivity index (χ3v) is 6.02. The maximum absolute atomic E-state index is 13.7. The van der Waals surface area contributed by atoms with E-state index in [-0.39, 0.29) is 12.0 Å². The van der Waals surface area contributed by atoms with Gasteiger partial charge in [-0.1, -0.05) is 30.3 Å². The predicted octanol–water partition coefficient (Wildman–Crippen LogP) is 4.47. The second kappa shape index (κ2) is 10.0. The Morgan fingerprint density at radius 2 is 1.78 bits per heavy atom. The zero-order valence-corrected chi connectivity index (χ0v) is 20.4. The van der Waals surface area contributed by atoms with E-state index in [1.165, 1.54) is 0 Å². The Morgan fingerprint density at radius 3 is 2.53 bits per heavy atom. The Morgan fingerprint density at radius 1 is 1.03 bits per heavy atom. The maximum Gasteiger partial charge on any atom is 0.257 e. The number of aromatic nitrogens is 2. The first-order chi connectivity index (χ1) is 17.6. The molecular formula is C28H27N3O5. The Bertz CT molecular complexity index is 1370. The van der Waals surface area contributed by atoms with Crippen LogP contribution in [0.25, 0.3) is 16.9 Å². The number of carbonyl (C=O) groups is 1. The SMILES string of the molecule is COc1ccc(-c2nn(-c3ccccc3)cc2C(=O)N(C)CC2COc3ccccc3O2)c(OC)c1. The first-order valence-electron chi connectivity index (χ1n) is 11.6. The van der Waals surface area contributed by atoms with E-state index in [9.17, 15) is 4.79 Å². The van der Waals surface area contributed by atoms with E-state index in [0.29, 0.717) is 53.0 Å². The lowest BCUT2D eigenvalue weighted by atomic mass is 10.1. The predicted molar refractivity (Wildman–Crippen MR) is 135 cm³/mol. The highest BCUT2D eigenvalue weighted by molar-refractivity contribution is 6.00. The minimum Gasteiger partial charge on any atom is -0.497 e. The van der Waals surface area contributed by atoms with Crippen molar-refractivity contribution in [3.63, 3.8) is 0 Å². The Balaban J connectivity index is 1.47. The van der Waals surface area contributed by atoms with Crippen LogP contribution in [0.5, 0.6) is 23.0 Å². The summed E-state index contributed by atoms with van der Waals surface area (Å²) in [5.74, 6) is 2.41. The van der Waals surface area contributed by atoms with Crippen molar-refractivity contribution in [1.29, 1.82) is 0 Å². The number of fused-ring (bicyclic) bond motifs is 1. The first kappa shape index (κ1) is 23.3. The van der Waals surface area contributed by atoms with Gasteiger partial charge in [0.1, 0.15) is 23.8 Å². The molecule has 2 heterocycles. The van der Waals surface area contributed by atoms with Crippen molar-refractivity contribution in [3.8, 4) is 39.9 Å². The van der Waals surface area contributed by atoms with Crippen molar-refractivity contribution in [3.05, 3.63) is 84.6 Å². The molecule has 1 atom stereocenters. The molecule has 4 aromatic rings. The number of ether oxygens (including phenoxy) is 4. The largest absolute Gasteiger partial charge is 0.497 e. The third kappa shape index (κ3) is 4.57. The van der Waals surface area contributed by atoms with Gasteiger partial charge in [0.2, 0.25) is 0 Å². The lowest BCUT2D eigenvalue weighted by Gasteiger charge is -2.29. The van der Waals surface area contributed by atoms with Crippen LogP contribution in [0, 0.1) is 0 Å². The lowest BCUT2D eigenvalue weighted by Crippen LogP contribution is -2.41. The summed E-state index contributed by atoms with van der Waals surface area (Å²) in [6.45, 7) is 0.708. The van der Waals surface area contributed by atoms with Crippen LogP contribution in [0.15, 0.2) is 79.0 Å². The van der Waals surface area contributed by atoms with Crippen LogP contribution in [-0.4, -0.2) is 61.1 Å². The van der Waals surface area contributed by atoms with Gasteiger partial charge in [0, 0.05) is 24.9 Å². The average molecular weight is 486 g/mol. The van der Waals surface area contributed by atoms with Gasteiger partial charge in [-0.3, -0.25) is 4.79 Å². The summed E-state index contributed by atoms with van der Waals surface area (Å²) >= 11 is 0. The van der Waals surface area contributed by atoms with Gasteiger partial charge in [-0.05, 0) is 36.4 Å². The summed E-state index contributed by atoms with van der Waals surface area (Å²) < 4.78 is 24.6. The normalized spacial score (nSPS) is 14.2. The monoisotopic (exact) mass is 485 g/mol. The number of likely N-dealkylation sites (N-methyl/N-ethyl adjacent to an activating group) is 1. The van der Waals surface area contributed by atoms with Gasteiger partial charge in [-0.15, -0.1) is 0 Å². The van der Waals surface area contributed by atoms with E-state index in [4.69, 9.17) is 24.0 Å². The topological polar surface area (TPSA) is 75.1 Å². The molecular weight excluding hydrogens is 458 g/mol. The van der Waals surface area contributed by atoms with Crippen molar-refractivity contribution in [2.75, 3.05) is 34.4 Å². The van der Waals surface area contributed by atoms with Crippen LogP contribution in [0.4, 0.5) is 0 Å². The van der Waals surface area contributed by atoms with Crippen LogP contribution in [0.3, 0.4) is 0 Å². The average Bonchev–Trinajstić information content (AvgIpc) is 3.38. The molecule has 3 aromatic carbocycles. The van der Waals surface area contributed by atoms with Crippen LogP contribution in [-0.2, 0) is 0 Å². The summed E-state index contributed by atoms with van der Waals surface area (Å²) in [4.78, 5) is 15.4. The summed E-state index contributed by atoms with van der Waals surface area (Å²) in [5.41, 5.74) is 2.49. The molecule has 0 spiro atoms. The highest BCUT2D eigenvalue weighted by Crippen LogP contribution is 2.35. The highest BCUT2D eigenvalue weighted by atomic mass is 16.6. The fraction of sp³-hybridized carbons (Fsp3) is 0.214. The molecule has 0 bridgehead atoms. The van der Waals surface area contributed by atoms with E-state index in [0.717, 1.165) is 5.69 Å². The van der Waals surface area contributed by atoms with Crippen molar-refractivity contribution in [2.24, 2.45) is 0 Å². The number of hydrogen-bond donors (Lipinski definition) is 0. The minimum absolute atomic E-state index is 0.187. The number of amides is 1. The second-order valence-electron chi connectivity index (χ2n) is 8.42. The van der Waals surface area contributed by atoms with Gasteiger partial charge in [0.05, 0.1) is 32.0 Å². The molecule has 1 unspecified atom stereocenters. The molecule has 8 heteroatoms. The highest BCUT2D eigenvalue weighted by Gasteiger charge is 2.28. The van der Waals surface area contributed by atoms with Crippen LogP contribution >= 0.6 is 0 Å². The molecule has 1 aliphatic heterocycles. The standard InChI is InChI=1S/C28H27N3O5/c1-30(16-21-18-35-24-11-7-8-12-25(24)36-21)28(32)23-17-31(19-9-5-4-6-10-19)29-27(23)22-14-13-20(33-2)15-26(22)34-3/h4-15,17,21H,16,18H2,1-3H3. The van der Waals surface area contributed by atoms with Gasteiger partial charge in [-0.25, -0.2) is 4.68 Å². The number of hydrogen-bond acceptors (Lipinski definition) is 6. The number of carbonyl (C=O) groups excluding carboxylic acids is 1. The number of para-hydroxylation sites is 3. The molecule has 184 valence electrons. The van der Waals surface area contributed by atoms with Crippen LogP contribution in [0.2, 0.25) is 0 Å². The number of rotatable bonds is 7. The van der Waals surface area contributed by atoms with E-state index >= 15 is 0 Å². The van der Waals surface area contributed by atoms with E-state index in [2.05, 4.69) is 0 Å². The molecule has 1 aliphatic rings. The molecule has 36 heavy (non-hydrogen) atoms. The van der Waals surface area contributed by atoms with Crippen molar-refractivity contribution in [2.45, 2.75) is 6.10 Å². The Labute approximate surface area is 209 Å².